The van der Waals surface area contributed by atoms with Crippen molar-refractivity contribution in [1.82, 2.24) is 4.57 Å². The zero-order chi connectivity index (χ0) is 12.4. The highest BCUT2D eigenvalue weighted by Gasteiger charge is 2.14. The van der Waals surface area contributed by atoms with Crippen LogP contribution in [0.4, 0.5) is 0 Å². The van der Waals surface area contributed by atoms with Gasteiger partial charge in [0.2, 0.25) is 0 Å². The number of ether oxygens (including phenoxy) is 1. The van der Waals surface area contributed by atoms with E-state index in [9.17, 15) is 9.59 Å². The lowest BCUT2D eigenvalue weighted by Crippen LogP contribution is -2.26. The molecular formula is C13H13NO3. The number of carbonyl (C=O) groups excluding carboxylic acids is 1. The van der Waals surface area contributed by atoms with E-state index in [1.165, 1.54) is 7.11 Å². The van der Waals surface area contributed by atoms with Gasteiger partial charge in [0.1, 0.15) is 5.56 Å². The van der Waals surface area contributed by atoms with E-state index in [0.29, 0.717) is 6.54 Å². The molecule has 88 valence electrons. The third-order valence-corrected chi connectivity index (χ3v) is 2.72. The molecule has 1 aromatic carbocycles. The summed E-state index contributed by atoms with van der Waals surface area (Å²) in [5.41, 5.74) is 0.596. The summed E-state index contributed by atoms with van der Waals surface area (Å²) >= 11 is 0. The molecular weight excluding hydrogens is 218 g/mol. The molecule has 0 spiro atoms. The Balaban J connectivity index is 2.85. The van der Waals surface area contributed by atoms with Crippen molar-refractivity contribution in [2.24, 2.45) is 0 Å². The maximum atomic E-state index is 12.1. The van der Waals surface area contributed by atoms with Gasteiger partial charge in [0.25, 0.3) is 5.56 Å². The minimum absolute atomic E-state index is 0.0769. The van der Waals surface area contributed by atoms with Crippen LogP contribution < -0.4 is 5.56 Å². The van der Waals surface area contributed by atoms with Gasteiger partial charge in [-0.2, -0.15) is 0 Å². The molecule has 4 heteroatoms. The van der Waals surface area contributed by atoms with Crippen LogP contribution in [0.15, 0.2) is 35.1 Å². The number of nitrogens with zero attached hydrogens (tertiary/aromatic N) is 1. The highest BCUT2D eigenvalue weighted by molar-refractivity contribution is 5.93. The Morgan fingerprint density at radius 2 is 2.06 bits per heavy atom. The van der Waals surface area contributed by atoms with E-state index < -0.39 is 5.97 Å². The van der Waals surface area contributed by atoms with Crippen molar-refractivity contribution in [3.8, 4) is 0 Å². The highest BCUT2D eigenvalue weighted by Crippen LogP contribution is 2.13. The molecule has 0 unspecified atom stereocenters. The number of methoxy groups -OCH3 is 1. The van der Waals surface area contributed by atoms with Crippen LogP contribution in [0.3, 0.4) is 0 Å². The van der Waals surface area contributed by atoms with Crippen molar-refractivity contribution in [2.45, 2.75) is 13.5 Å². The van der Waals surface area contributed by atoms with E-state index in [4.69, 9.17) is 0 Å². The van der Waals surface area contributed by atoms with Crippen LogP contribution in [0.1, 0.15) is 17.3 Å². The number of aryl methyl sites for hydroxylation is 1. The third-order valence-electron chi connectivity index (χ3n) is 2.72. The fraction of sp³-hybridized carbons (Fsp3) is 0.231. The maximum absolute atomic E-state index is 12.1. The average Bonchev–Trinajstić information content (AvgIpc) is 2.37. The fourth-order valence-corrected chi connectivity index (χ4v) is 1.90. The molecule has 0 fully saturated rings. The maximum Gasteiger partial charge on any atom is 0.343 e. The van der Waals surface area contributed by atoms with Gasteiger partial charge in [0.05, 0.1) is 12.6 Å². The summed E-state index contributed by atoms with van der Waals surface area (Å²) < 4.78 is 6.18. The summed E-state index contributed by atoms with van der Waals surface area (Å²) in [6.45, 7) is 2.39. The zero-order valence-electron chi connectivity index (χ0n) is 9.77. The minimum atomic E-state index is -0.594. The quantitative estimate of drug-likeness (QED) is 0.740. The van der Waals surface area contributed by atoms with E-state index in [2.05, 4.69) is 4.74 Å². The predicted molar refractivity (Wildman–Crippen MR) is 65.2 cm³/mol. The first-order chi connectivity index (χ1) is 8.19. The van der Waals surface area contributed by atoms with Gasteiger partial charge in [-0.25, -0.2) is 4.79 Å². The highest BCUT2D eigenvalue weighted by atomic mass is 16.5. The molecule has 1 aromatic heterocycles. The summed E-state index contributed by atoms with van der Waals surface area (Å²) in [6.07, 6.45) is 0. The van der Waals surface area contributed by atoms with Crippen LogP contribution >= 0.6 is 0 Å². The monoisotopic (exact) mass is 231 g/mol. The standard InChI is InChI=1S/C13H13NO3/c1-3-14-11-7-5-4-6-9(11)8-10(12(14)15)13(16)17-2/h4-8H,3H2,1-2H3. The summed E-state index contributed by atoms with van der Waals surface area (Å²) in [5, 5.41) is 0.856. The minimum Gasteiger partial charge on any atom is -0.465 e. The van der Waals surface area contributed by atoms with Crippen LogP contribution in [0, 0.1) is 0 Å². The molecule has 0 N–H and O–H groups in total. The molecule has 0 atom stereocenters. The van der Waals surface area contributed by atoms with Gasteiger partial charge in [0.15, 0.2) is 0 Å². The van der Waals surface area contributed by atoms with Crippen LogP contribution in [0.25, 0.3) is 10.9 Å². The Kier molecular flexibility index (Phi) is 2.95. The van der Waals surface area contributed by atoms with Crippen LogP contribution in [-0.2, 0) is 11.3 Å². The topological polar surface area (TPSA) is 48.3 Å². The number of pyridine rings is 1. The van der Waals surface area contributed by atoms with Crippen LogP contribution in [0.2, 0.25) is 0 Å². The van der Waals surface area contributed by atoms with Crippen LogP contribution in [-0.4, -0.2) is 17.6 Å². The molecule has 0 saturated heterocycles. The molecule has 2 aromatic rings. The van der Waals surface area contributed by atoms with Crippen molar-refractivity contribution < 1.29 is 9.53 Å². The smallest absolute Gasteiger partial charge is 0.343 e. The van der Waals surface area contributed by atoms with E-state index in [1.54, 1.807) is 10.6 Å². The zero-order valence-corrected chi connectivity index (χ0v) is 9.77. The van der Waals surface area contributed by atoms with Crippen molar-refractivity contribution in [1.29, 1.82) is 0 Å². The largest absolute Gasteiger partial charge is 0.465 e. The van der Waals surface area contributed by atoms with E-state index >= 15 is 0 Å². The van der Waals surface area contributed by atoms with Crippen molar-refractivity contribution in [3.63, 3.8) is 0 Å². The van der Waals surface area contributed by atoms with Gasteiger partial charge in [-0.1, -0.05) is 18.2 Å². The second kappa shape index (κ2) is 4.41. The molecule has 17 heavy (non-hydrogen) atoms. The van der Waals surface area contributed by atoms with Gasteiger partial charge < -0.3 is 9.30 Å². The number of rotatable bonds is 2. The first kappa shape index (κ1) is 11.4. The summed E-state index contributed by atoms with van der Waals surface area (Å²) in [6, 6.07) is 9.05. The molecule has 0 radical (unpaired) electrons. The molecule has 0 saturated carbocycles. The molecule has 0 amide bonds. The summed E-state index contributed by atoms with van der Waals surface area (Å²) in [7, 11) is 1.27. The lowest BCUT2D eigenvalue weighted by Gasteiger charge is -2.09. The Morgan fingerprint density at radius 1 is 1.35 bits per heavy atom. The van der Waals surface area contributed by atoms with E-state index in [-0.39, 0.29) is 11.1 Å². The Bertz CT molecular complexity index is 628. The van der Waals surface area contributed by atoms with E-state index in [0.717, 1.165) is 10.9 Å². The number of esters is 1. The van der Waals surface area contributed by atoms with Gasteiger partial charge in [-0.15, -0.1) is 0 Å². The fourth-order valence-electron chi connectivity index (χ4n) is 1.90. The lowest BCUT2D eigenvalue weighted by molar-refractivity contribution is 0.0598. The molecule has 1 heterocycles. The number of carbonyl (C=O) groups is 1. The van der Waals surface area contributed by atoms with Gasteiger partial charge >= 0.3 is 5.97 Å². The number of aromatic nitrogens is 1. The van der Waals surface area contributed by atoms with Gasteiger partial charge in [-0.3, -0.25) is 4.79 Å². The number of fused-ring (bicyclic) bond motifs is 1. The molecule has 4 nitrogen and oxygen atoms in total. The van der Waals surface area contributed by atoms with Crippen LogP contribution in [0.5, 0.6) is 0 Å². The first-order valence-corrected chi connectivity index (χ1v) is 5.40. The Labute approximate surface area is 98.4 Å². The Hall–Kier alpha value is -2.10. The molecule has 0 aliphatic carbocycles. The normalized spacial score (nSPS) is 10.5. The number of hydrogen-bond donors (Lipinski definition) is 0. The lowest BCUT2D eigenvalue weighted by atomic mass is 10.1. The molecule has 0 bridgehead atoms. The molecule has 0 aliphatic rings. The first-order valence-electron chi connectivity index (χ1n) is 5.40. The van der Waals surface area contributed by atoms with Gasteiger partial charge in [-0.05, 0) is 24.4 Å². The Morgan fingerprint density at radius 3 is 2.71 bits per heavy atom. The molecule has 0 aliphatic heterocycles. The molecule has 2 rings (SSSR count). The van der Waals surface area contributed by atoms with Crippen molar-refractivity contribution in [2.75, 3.05) is 7.11 Å². The van der Waals surface area contributed by atoms with Gasteiger partial charge in [0, 0.05) is 6.54 Å². The average molecular weight is 231 g/mol. The SMILES string of the molecule is CCn1c(=O)c(C(=O)OC)cc2ccccc21. The number of para-hydroxylation sites is 1. The van der Waals surface area contributed by atoms with Crippen molar-refractivity contribution in [3.05, 3.63) is 46.2 Å². The summed E-state index contributed by atoms with van der Waals surface area (Å²) in [5.74, 6) is -0.594. The van der Waals surface area contributed by atoms with Crippen molar-refractivity contribution >= 4 is 16.9 Å². The van der Waals surface area contributed by atoms with E-state index in [1.807, 2.05) is 31.2 Å². The number of hydrogen-bond acceptors (Lipinski definition) is 3. The predicted octanol–water partition coefficient (Wildman–Crippen LogP) is 1.81. The third kappa shape index (κ3) is 1.82. The second-order valence-corrected chi connectivity index (χ2v) is 3.66. The number of benzene rings is 1. The summed E-state index contributed by atoms with van der Waals surface area (Å²) in [4.78, 5) is 23.6. The second-order valence-electron chi connectivity index (χ2n) is 3.66.